The zero-order chi connectivity index (χ0) is 16.5. The molecule has 128 valence electrons. The van der Waals surface area contributed by atoms with Crippen molar-refractivity contribution in [2.45, 2.75) is 38.4 Å². The number of amides is 1. The van der Waals surface area contributed by atoms with Crippen LogP contribution in [0.4, 0.5) is 0 Å². The van der Waals surface area contributed by atoms with Gasteiger partial charge in [-0.3, -0.25) is 19.1 Å². The summed E-state index contributed by atoms with van der Waals surface area (Å²) < 4.78 is 4.00. The fraction of sp³-hybridized carbons (Fsp3) is 0.588. The van der Waals surface area contributed by atoms with Crippen molar-refractivity contribution < 1.29 is 4.79 Å². The smallest absolute Gasteiger partial charge is 0.222 e. The lowest BCUT2D eigenvalue weighted by molar-refractivity contribution is -0.127. The van der Waals surface area contributed by atoms with Crippen molar-refractivity contribution in [1.82, 2.24) is 29.4 Å². The molecule has 7 nitrogen and oxygen atoms in total. The molecule has 0 N–H and O–H groups in total. The number of hydrogen-bond donors (Lipinski definition) is 0. The summed E-state index contributed by atoms with van der Waals surface area (Å²) >= 11 is 0. The van der Waals surface area contributed by atoms with Crippen LogP contribution in [0.3, 0.4) is 0 Å². The quantitative estimate of drug-likeness (QED) is 0.827. The summed E-state index contributed by atoms with van der Waals surface area (Å²) in [4.78, 5) is 16.3. The van der Waals surface area contributed by atoms with Gasteiger partial charge in [0.25, 0.3) is 0 Å². The lowest BCUT2D eigenvalue weighted by atomic mass is 10.1. The first-order valence-electron chi connectivity index (χ1n) is 8.69. The number of likely N-dealkylation sites (tertiary alicyclic amines) is 1. The Hall–Kier alpha value is -2.15. The van der Waals surface area contributed by atoms with Crippen LogP contribution in [0.2, 0.25) is 0 Å². The number of hydrogen-bond acceptors (Lipinski definition) is 4. The highest BCUT2D eigenvalue weighted by molar-refractivity contribution is 5.77. The van der Waals surface area contributed by atoms with Crippen molar-refractivity contribution in [2.75, 3.05) is 19.6 Å². The van der Waals surface area contributed by atoms with Gasteiger partial charge in [-0.05, 0) is 18.9 Å². The maximum Gasteiger partial charge on any atom is 0.222 e. The minimum atomic E-state index is 0.304. The average Bonchev–Trinajstić information content (AvgIpc) is 3.27. The van der Waals surface area contributed by atoms with Crippen LogP contribution in [-0.2, 0) is 24.9 Å². The van der Waals surface area contributed by atoms with E-state index in [2.05, 4.69) is 32.0 Å². The second-order valence-corrected chi connectivity index (χ2v) is 6.89. The highest BCUT2D eigenvalue weighted by Gasteiger charge is 2.27. The number of aromatic nitrogens is 4. The molecular weight excluding hydrogens is 304 g/mol. The summed E-state index contributed by atoms with van der Waals surface area (Å²) in [5.41, 5.74) is 2.49. The standard InChI is InChI=1S/C17H24N6O/c1-20-10-14(9-19-20)11-21-12-15-4-6-18-23(15)16(13-21)5-8-22-7-2-3-17(22)24/h4,6,9-10,16H,2-3,5,7-8,11-13H2,1H3/t16-/m0/s1. The second-order valence-electron chi connectivity index (χ2n) is 6.89. The summed E-state index contributed by atoms with van der Waals surface area (Å²) in [5.74, 6) is 0.304. The first kappa shape index (κ1) is 15.4. The van der Waals surface area contributed by atoms with E-state index in [1.807, 2.05) is 29.0 Å². The summed E-state index contributed by atoms with van der Waals surface area (Å²) in [5, 5.41) is 8.78. The van der Waals surface area contributed by atoms with E-state index in [4.69, 9.17) is 0 Å². The Kier molecular flexibility index (Phi) is 4.10. The van der Waals surface area contributed by atoms with Crippen LogP contribution in [0, 0.1) is 0 Å². The van der Waals surface area contributed by atoms with Crippen molar-refractivity contribution in [2.24, 2.45) is 7.05 Å². The Labute approximate surface area is 141 Å². The van der Waals surface area contributed by atoms with E-state index in [1.54, 1.807) is 0 Å². The first-order chi connectivity index (χ1) is 11.7. The Morgan fingerprint density at radius 2 is 2.25 bits per heavy atom. The van der Waals surface area contributed by atoms with Crippen LogP contribution in [0.5, 0.6) is 0 Å². The van der Waals surface area contributed by atoms with E-state index in [0.717, 1.165) is 45.6 Å². The van der Waals surface area contributed by atoms with Crippen LogP contribution >= 0.6 is 0 Å². The van der Waals surface area contributed by atoms with Crippen LogP contribution in [0.1, 0.15) is 36.6 Å². The van der Waals surface area contributed by atoms with Gasteiger partial charge in [-0.25, -0.2) is 0 Å². The average molecular weight is 328 g/mol. The number of carbonyl (C=O) groups is 1. The molecule has 0 radical (unpaired) electrons. The number of rotatable bonds is 5. The first-order valence-corrected chi connectivity index (χ1v) is 8.69. The number of carbonyl (C=O) groups excluding carboxylic acids is 1. The van der Waals surface area contributed by atoms with Crippen molar-refractivity contribution in [3.05, 3.63) is 35.9 Å². The lowest BCUT2D eigenvalue weighted by Crippen LogP contribution is -2.39. The third-order valence-corrected chi connectivity index (χ3v) is 5.02. The molecule has 0 bridgehead atoms. The number of nitrogens with zero attached hydrogens (tertiary/aromatic N) is 6. The van der Waals surface area contributed by atoms with E-state index in [9.17, 15) is 4.79 Å². The minimum Gasteiger partial charge on any atom is -0.343 e. The van der Waals surface area contributed by atoms with Gasteiger partial charge in [0.1, 0.15) is 0 Å². The van der Waals surface area contributed by atoms with Crippen LogP contribution in [0.25, 0.3) is 0 Å². The van der Waals surface area contributed by atoms with Gasteiger partial charge in [0.2, 0.25) is 5.91 Å². The van der Waals surface area contributed by atoms with Crippen molar-refractivity contribution >= 4 is 5.91 Å². The van der Waals surface area contributed by atoms with Gasteiger partial charge in [0.15, 0.2) is 0 Å². The van der Waals surface area contributed by atoms with Gasteiger partial charge in [-0.15, -0.1) is 0 Å². The molecule has 2 aliphatic heterocycles. The number of fused-ring (bicyclic) bond motifs is 1. The van der Waals surface area contributed by atoms with Crippen LogP contribution in [0.15, 0.2) is 24.7 Å². The maximum atomic E-state index is 11.8. The summed E-state index contributed by atoms with van der Waals surface area (Å²) in [7, 11) is 1.95. The molecule has 0 unspecified atom stereocenters. The summed E-state index contributed by atoms with van der Waals surface area (Å²) in [6.07, 6.45) is 8.57. The summed E-state index contributed by atoms with van der Waals surface area (Å²) in [6.45, 7) is 4.53. The predicted molar refractivity (Wildman–Crippen MR) is 89.0 cm³/mol. The van der Waals surface area contributed by atoms with Gasteiger partial charge in [-0.2, -0.15) is 10.2 Å². The Bertz CT molecular complexity index is 720. The maximum absolute atomic E-state index is 11.8. The normalized spacial score (nSPS) is 21.5. The Morgan fingerprint density at radius 1 is 1.33 bits per heavy atom. The molecule has 4 rings (SSSR count). The highest BCUT2D eigenvalue weighted by Crippen LogP contribution is 2.25. The third-order valence-electron chi connectivity index (χ3n) is 5.02. The van der Waals surface area contributed by atoms with Crippen molar-refractivity contribution in [3.8, 4) is 0 Å². The van der Waals surface area contributed by atoms with E-state index < -0.39 is 0 Å². The SMILES string of the molecule is Cn1cc(CN2Cc3ccnn3[C@@H](CCN3CCCC3=O)C2)cn1. The Morgan fingerprint density at radius 3 is 3.00 bits per heavy atom. The van der Waals surface area contributed by atoms with E-state index >= 15 is 0 Å². The molecule has 2 aliphatic rings. The molecular formula is C17H24N6O. The largest absolute Gasteiger partial charge is 0.343 e. The van der Waals surface area contributed by atoms with Crippen molar-refractivity contribution in [1.29, 1.82) is 0 Å². The topological polar surface area (TPSA) is 59.2 Å². The van der Waals surface area contributed by atoms with Gasteiger partial charge in [-0.1, -0.05) is 0 Å². The molecule has 1 amide bonds. The van der Waals surface area contributed by atoms with E-state index in [-0.39, 0.29) is 0 Å². The predicted octanol–water partition coefficient (Wildman–Crippen LogP) is 1.19. The van der Waals surface area contributed by atoms with E-state index in [1.165, 1.54) is 11.3 Å². The molecule has 1 saturated heterocycles. The van der Waals surface area contributed by atoms with Gasteiger partial charge < -0.3 is 4.90 Å². The molecule has 2 aromatic rings. The second kappa shape index (κ2) is 6.39. The summed E-state index contributed by atoms with van der Waals surface area (Å²) in [6, 6.07) is 2.43. The molecule has 0 spiro atoms. The third kappa shape index (κ3) is 3.08. The van der Waals surface area contributed by atoms with Crippen molar-refractivity contribution in [3.63, 3.8) is 0 Å². The molecule has 1 fully saturated rings. The van der Waals surface area contributed by atoms with E-state index in [0.29, 0.717) is 18.4 Å². The molecule has 1 atom stereocenters. The highest BCUT2D eigenvalue weighted by atomic mass is 16.2. The lowest BCUT2D eigenvalue weighted by Gasteiger charge is -2.34. The fourth-order valence-electron chi connectivity index (χ4n) is 3.86. The van der Waals surface area contributed by atoms with Gasteiger partial charge >= 0.3 is 0 Å². The molecule has 4 heterocycles. The van der Waals surface area contributed by atoms with Gasteiger partial charge in [0.05, 0.1) is 17.9 Å². The fourth-order valence-corrected chi connectivity index (χ4v) is 3.86. The van der Waals surface area contributed by atoms with Crippen LogP contribution < -0.4 is 0 Å². The molecule has 24 heavy (non-hydrogen) atoms. The van der Waals surface area contributed by atoms with Crippen LogP contribution in [-0.4, -0.2) is 54.9 Å². The molecule has 0 aliphatic carbocycles. The molecule has 2 aromatic heterocycles. The minimum absolute atomic E-state index is 0.304. The zero-order valence-corrected chi connectivity index (χ0v) is 14.1. The molecule has 0 saturated carbocycles. The molecule has 0 aromatic carbocycles. The molecule has 7 heteroatoms. The van der Waals surface area contributed by atoms with Gasteiger partial charge in [0, 0.05) is 64.1 Å². The number of aryl methyl sites for hydroxylation is 1. The Balaban J connectivity index is 1.43. The monoisotopic (exact) mass is 328 g/mol. The zero-order valence-electron chi connectivity index (χ0n) is 14.1.